The Hall–Kier alpha value is -2.96. The van der Waals surface area contributed by atoms with E-state index in [-0.39, 0.29) is 6.03 Å². The molecule has 0 radical (unpaired) electrons. The van der Waals surface area contributed by atoms with Gasteiger partial charge in [-0.15, -0.1) is 0 Å². The predicted octanol–water partition coefficient (Wildman–Crippen LogP) is 2.28. The van der Waals surface area contributed by atoms with E-state index in [1.165, 1.54) is 25.5 Å². The van der Waals surface area contributed by atoms with Gasteiger partial charge in [0.25, 0.3) is 0 Å². The fourth-order valence-corrected chi connectivity index (χ4v) is 2.90. The van der Waals surface area contributed by atoms with E-state index in [0.717, 1.165) is 19.5 Å². The number of benzene rings is 1. The first-order valence-electron chi connectivity index (χ1n) is 8.18. The van der Waals surface area contributed by atoms with Gasteiger partial charge >= 0.3 is 6.03 Å². The van der Waals surface area contributed by atoms with Crippen molar-refractivity contribution in [1.29, 1.82) is 0 Å². The Bertz CT molecular complexity index is 751. The lowest BCUT2D eigenvalue weighted by Gasteiger charge is -2.19. The molecule has 0 fully saturated rings. The largest absolute Gasteiger partial charge is 0.481 e. The summed E-state index contributed by atoms with van der Waals surface area (Å²) in [4.78, 5) is 18.5. The smallest absolute Gasteiger partial charge is 0.319 e. The van der Waals surface area contributed by atoms with Gasteiger partial charge in [0.2, 0.25) is 11.8 Å². The van der Waals surface area contributed by atoms with Crippen molar-refractivity contribution in [3.63, 3.8) is 0 Å². The molecule has 0 unspecified atom stereocenters. The molecule has 0 spiro atoms. The average Bonchev–Trinajstić information content (AvgIpc) is 3.05. The molecule has 1 aliphatic heterocycles. The number of aromatic nitrogens is 1. The molecule has 2 aromatic rings. The second-order valence-electron chi connectivity index (χ2n) is 5.66. The molecule has 1 aromatic heterocycles. The van der Waals surface area contributed by atoms with Gasteiger partial charge in [-0.2, -0.15) is 4.98 Å². The second kappa shape index (κ2) is 7.74. The highest BCUT2D eigenvalue weighted by molar-refractivity contribution is 5.90. The van der Waals surface area contributed by atoms with Crippen LogP contribution in [0.5, 0.6) is 11.8 Å². The van der Waals surface area contributed by atoms with Crippen molar-refractivity contribution in [2.45, 2.75) is 6.42 Å². The molecule has 7 heteroatoms. The lowest BCUT2D eigenvalue weighted by molar-refractivity contribution is 0.252. The number of urea groups is 1. The summed E-state index contributed by atoms with van der Waals surface area (Å²) in [6.07, 6.45) is 1.05. The maximum Gasteiger partial charge on any atom is 0.319 e. The topological polar surface area (TPSA) is 75.7 Å². The Labute approximate surface area is 147 Å². The number of nitrogens with one attached hydrogen (secondary N) is 2. The normalized spacial score (nSPS) is 12.5. The van der Waals surface area contributed by atoms with Crippen molar-refractivity contribution < 1.29 is 14.3 Å². The van der Waals surface area contributed by atoms with Gasteiger partial charge in [0, 0.05) is 31.4 Å². The highest BCUT2D eigenvalue weighted by Gasteiger charge is 2.18. The summed E-state index contributed by atoms with van der Waals surface area (Å²) in [7, 11) is 3.02. The molecule has 2 amide bonds. The lowest BCUT2D eigenvalue weighted by atomic mass is 10.2. The molecule has 0 aliphatic carbocycles. The molecular formula is C18H22N4O3. The summed E-state index contributed by atoms with van der Waals surface area (Å²) < 4.78 is 10.2. The van der Waals surface area contributed by atoms with Gasteiger partial charge < -0.3 is 25.0 Å². The molecule has 0 bridgehead atoms. The minimum absolute atomic E-state index is 0.294. The summed E-state index contributed by atoms with van der Waals surface area (Å²) >= 11 is 0. The second-order valence-corrected chi connectivity index (χ2v) is 5.66. The molecule has 1 aliphatic rings. The number of fused-ring (bicyclic) bond motifs is 1. The van der Waals surface area contributed by atoms with Crippen LogP contribution in [0.25, 0.3) is 0 Å². The lowest BCUT2D eigenvalue weighted by Crippen LogP contribution is -2.36. The first-order valence-corrected chi connectivity index (χ1v) is 8.18. The van der Waals surface area contributed by atoms with E-state index in [9.17, 15) is 4.79 Å². The fourth-order valence-electron chi connectivity index (χ4n) is 2.90. The van der Waals surface area contributed by atoms with Crippen molar-refractivity contribution in [3.8, 4) is 11.8 Å². The van der Waals surface area contributed by atoms with Crippen molar-refractivity contribution in [2.24, 2.45) is 0 Å². The number of rotatable bonds is 6. The van der Waals surface area contributed by atoms with Crippen molar-refractivity contribution in [1.82, 2.24) is 10.3 Å². The van der Waals surface area contributed by atoms with Gasteiger partial charge in [0.15, 0.2) is 0 Å². The Morgan fingerprint density at radius 2 is 2.04 bits per heavy atom. The van der Waals surface area contributed by atoms with Gasteiger partial charge in [0.1, 0.15) is 5.69 Å². The van der Waals surface area contributed by atoms with Crippen LogP contribution in [0.4, 0.5) is 16.2 Å². The van der Waals surface area contributed by atoms with Gasteiger partial charge in [-0.05, 0) is 24.1 Å². The van der Waals surface area contributed by atoms with Crippen LogP contribution in [0, 0.1) is 0 Å². The number of anilines is 2. The van der Waals surface area contributed by atoms with E-state index in [1.807, 2.05) is 6.07 Å². The number of hydrogen-bond donors (Lipinski definition) is 2. The van der Waals surface area contributed by atoms with Crippen molar-refractivity contribution in [2.75, 3.05) is 44.1 Å². The SMILES string of the molecule is COc1ccc(NC(=O)NCCN2CCc3ccccc32)c(OC)n1. The minimum atomic E-state index is -0.294. The molecule has 3 rings (SSSR count). The Balaban J connectivity index is 1.51. The molecule has 0 saturated heterocycles. The predicted molar refractivity (Wildman–Crippen MR) is 96.7 cm³/mol. The van der Waals surface area contributed by atoms with Gasteiger partial charge in [-0.25, -0.2) is 4.79 Å². The number of methoxy groups -OCH3 is 2. The zero-order valence-corrected chi connectivity index (χ0v) is 14.4. The number of carbonyl (C=O) groups is 1. The molecule has 2 N–H and O–H groups in total. The van der Waals surface area contributed by atoms with Gasteiger partial charge in [-0.1, -0.05) is 18.2 Å². The molecular weight excluding hydrogens is 320 g/mol. The standard InChI is InChI=1S/C18H22N4O3/c1-24-16-8-7-14(17(21-16)25-2)20-18(23)19-10-12-22-11-9-13-5-3-4-6-15(13)22/h3-8H,9-12H2,1-2H3,(H2,19,20,23). The number of hydrogen-bond acceptors (Lipinski definition) is 5. The highest BCUT2D eigenvalue weighted by Crippen LogP contribution is 2.27. The third-order valence-corrected chi connectivity index (χ3v) is 4.14. The molecule has 2 heterocycles. The van der Waals surface area contributed by atoms with Crippen LogP contribution in [0.1, 0.15) is 5.56 Å². The van der Waals surface area contributed by atoms with Crippen LogP contribution >= 0.6 is 0 Å². The number of pyridine rings is 1. The maximum absolute atomic E-state index is 12.1. The van der Waals surface area contributed by atoms with Gasteiger partial charge in [0.05, 0.1) is 14.2 Å². The Morgan fingerprint density at radius 1 is 1.20 bits per heavy atom. The number of nitrogens with zero attached hydrogens (tertiary/aromatic N) is 2. The van der Waals surface area contributed by atoms with E-state index in [0.29, 0.717) is 24.0 Å². The molecule has 0 atom stereocenters. The van der Waals surface area contributed by atoms with Crippen LogP contribution in [-0.4, -0.2) is 44.9 Å². The van der Waals surface area contributed by atoms with Crippen LogP contribution < -0.4 is 25.0 Å². The van der Waals surface area contributed by atoms with Crippen LogP contribution in [0.15, 0.2) is 36.4 Å². The van der Waals surface area contributed by atoms with Crippen LogP contribution in [-0.2, 0) is 6.42 Å². The molecule has 7 nitrogen and oxygen atoms in total. The van der Waals surface area contributed by atoms with Crippen molar-refractivity contribution in [3.05, 3.63) is 42.0 Å². The first kappa shape index (κ1) is 16.9. The van der Waals surface area contributed by atoms with E-state index in [1.54, 1.807) is 12.1 Å². The number of para-hydroxylation sites is 1. The van der Waals surface area contributed by atoms with E-state index < -0.39 is 0 Å². The highest BCUT2D eigenvalue weighted by atomic mass is 16.5. The third-order valence-electron chi connectivity index (χ3n) is 4.14. The summed E-state index contributed by atoms with van der Waals surface area (Å²) in [5.41, 5.74) is 3.11. The van der Waals surface area contributed by atoms with Crippen LogP contribution in [0.3, 0.4) is 0 Å². The maximum atomic E-state index is 12.1. The molecule has 1 aromatic carbocycles. The van der Waals surface area contributed by atoms with E-state index in [2.05, 4.69) is 38.7 Å². The van der Waals surface area contributed by atoms with Gasteiger partial charge in [-0.3, -0.25) is 0 Å². The summed E-state index contributed by atoms with van der Waals surface area (Å²) in [5, 5.41) is 5.61. The number of amides is 2. The Kier molecular flexibility index (Phi) is 5.23. The zero-order chi connectivity index (χ0) is 17.6. The average molecular weight is 342 g/mol. The Morgan fingerprint density at radius 3 is 2.84 bits per heavy atom. The molecule has 132 valence electrons. The minimum Gasteiger partial charge on any atom is -0.481 e. The number of ether oxygens (including phenoxy) is 2. The fraction of sp³-hybridized carbons (Fsp3) is 0.333. The van der Waals surface area contributed by atoms with E-state index >= 15 is 0 Å². The summed E-state index contributed by atoms with van der Waals surface area (Å²) in [5.74, 6) is 0.735. The van der Waals surface area contributed by atoms with Crippen LogP contribution in [0.2, 0.25) is 0 Å². The zero-order valence-electron chi connectivity index (χ0n) is 14.4. The summed E-state index contributed by atoms with van der Waals surface area (Å²) in [6.45, 7) is 2.30. The number of carbonyl (C=O) groups excluding carboxylic acids is 1. The quantitative estimate of drug-likeness (QED) is 0.842. The summed E-state index contributed by atoms with van der Waals surface area (Å²) in [6, 6.07) is 11.4. The molecule has 25 heavy (non-hydrogen) atoms. The van der Waals surface area contributed by atoms with E-state index in [4.69, 9.17) is 9.47 Å². The molecule has 0 saturated carbocycles. The first-order chi connectivity index (χ1) is 12.2. The monoisotopic (exact) mass is 342 g/mol. The van der Waals surface area contributed by atoms with Crippen molar-refractivity contribution >= 4 is 17.4 Å². The third kappa shape index (κ3) is 3.93.